The number of methoxy groups -OCH3 is 1. The largest absolute Gasteiger partial charge is 0.469 e. The predicted octanol–water partition coefficient (Wildman–Crippen LogP) is 2.08. The number of esters is 1. The minimum atomic E-state index is -4.49. The lowest BCUT2D eigenvalue weighted by Crippen LogP contribution is -2.20. The molecule has 1 N–H and O–H groups in total. The Labute approximate surface area is 101 Å². The zero-order chi connectivity index (χ0) is 13.5. The number of ether oxygens (including phenoxy) is 1. The highest BCUT2D eigenvalue weighted by Gasteiger charge is 2.43. The first-order chi connectivity index (χ1) is 8.36. The van der Waals surface area contributed by atoms with E-state index in [0.29, 0.717) is 0 Å². The van der Waals surface area contributed by atoms with Crippen LogP contribution in [-0.4, -0.2) is 18.2 Å². The highest BCUT2D eigenvalue weighted by Crippen LogP contribution is 2.43. The number of aliphatic hydroxyl groups is 1. The SMILES string of the molecule is COC(=O)C1Cc2c(cccc2C(F)(F)F)C1O. The van der Waals surface area contributed by atoms with Gasteiger partial charge in [-0.05, 0) is 23.6 Å². The number of hydrogen-bond donors (Lipinski definition) is 1. The molecule has 1 aliphatic carbocycles. The van der Waals surface area contributed by atoms with Crippen LogP contribution in [0.3, 0.4) is 0 Å². The lowest BCUT2D eigenvalue weighted by Gasteiger charge is -2.12. The Bertz CT molecular complexity index is 482. The molecule has 98 valence electrons. The van der Waals surface area contributed by atoms with Crippen molar-refractivity contribution in [1.82, 2.24) is 0 Å². The Morgan fingerprint density at radius 3 is 2.67 bits per heavy atom. The van der Waals surface area contributed by atoms with Crippen molar-refractivity contribution in [3.05, 3.63) is 34.9 Å². The first kappa shape index (κ1) is 12.9. The van der Waals surface area contributed by atoms with Gasteiger partial charge in [0.2, 0.25) is 0 Å². The van der Waals surface area contributed by atoms with Crippen LogP contribution in [0.1, 0.15) is 22.8 Å². The van der Waals surface area contributed by atoms with Crippen molar-refractivity contribution in [3.63, 3.8) is 0 Å². The third-order valence-corrected chi connectivity index (χ3v) is 3.15. The normalized spacial score (nSPS) is 22.7. The molecular formula is C12H11F3O3. The molecule has 1 aromatic rings. The van der Waals surface area contributed by atoms with E-state index in [2.05, 4.69) is 4.74 Å². The van der Waals surface area contributed by atoms with Gasteiger partial charge in [0.15, 0.2) is 0 Å². The molecule has 0 bridgehead atoms. The van der Waals surface area contributed by atoms with Gasteiger partial charge in [-0.3, -0.25) is 4.79 Å². The molecule has 0 saturated carbocycles. The van der Waals surface area contributed by atoms with Crippen LogP contribution in [0.25, 0.3) is 0 Å². The van der Waals surface area contributed by atoms with E-state index in [1.807, 2.05) is 0 Å². The Hall–Kier alpha value is -1.56. The number of fused-ring (bicyclic) bond motifs is 1. The summed E-state index contributed by atoms with van der Waals surface area (Å²) in [6, 6.07) is 3.58. The second kappa shape index (κ2) is 4.28. The molecule has 0 saturated heterocycles. The molecule has 18 heavy (non-hydrogen) atoms. The van der Waals surface area contributed by atoms with E-state index in [1.54, 1.807) is 0 Å². The Morgan fingerprint density at radius 2 is 2.11 bits per heavy atom. The van der Waals surface area contributed by atoms with Gasteiger partial charge in [0, 0.05) is 0 Å². The van der Waals surface area contributed by atoms with Crippen molar-refractivity contribution < 1.29 is 27.8 Å². The summed E-state index contributed by atoms with van der Waals surface area (Å²) in [4.78, 5) is 11.4. The van der Waals surface area contributed by atoms with Crippen molar-refractivity contribution in [1.29, 1.82) is 0 Å². The van der Waals surface area contributed by atoms with E-state index in [1.165, 1.54) is 12.1 Å². The number of rotatable bonds is 1. The van der Waals surface area contributed by atoms with Crippen LogP contribution in [0.4, 0.5) is 13.2 Å². The second-order valence-corrected chi connectivity index (χ2v) is 4.15. The summed E-state index contributed by atoms with van der Waals surface area (Å²) < 4.78 is 42.8. The Kier molecular flexibility index (Phi) is 3.06. The second-order valence-electron chi connectivity index (χ2n) is 4.15. The molecule has 3 nitrogen and oxygen atoms in total. The molecule has 0 spiro atoms. The van der Waals surface area contributed by atoms with Crippen molar-refractivity contribution in [3.8, 4) is 0 Å². The maximum atomic E-state index is 12.8. The van der Waals surface area contributed by atoms with Gasteiger partial charge in [-0.25, -0.2) is 0 Å². The zero-order valence-electron chi connectivity index (χ0n) is 9.49. The Balaban J connectivity index is 2.45. The van der Waals surface area contributed by atoms with E-state index in [0.717, 1.165) is 13.2 Å². The van der Waals surface area contributed by atoms with Crippen molar-refractivity contribution in [2.75, 3.05) is 7.11 Å². The first-order valence-corrected chi connectivity index (χ1v) is 5.31. The number of benzene rings is 1. The van der Waals surface area contributed by atoms with Crippen LogP contribution in [0, 0.1) is 5.92 Å². The summed E-state index contributed by atoms with van der Waals surface area (Å²) in [7, 11) is 1.14. The average Bonchev–Trinajstić information content (AvgIpc) is 2.65. The molecule has 1 aromatic carbocycles. The molecule has 2 atom stereocenters. The fraction of sp³-hybridized carbons (Fsp3) is 0.417. The Morgan fingerprint density at radius 1 is 1.44 bits per heavy atom. The van der Waals surface area contributed by atoms with Gasteiger partial charge in [0.1, 0.15) is 0 Å². The van der Waals surface area contributed by atoms with E-state index < -0.39 is 29.7 Å². The summed E-state index contributed by atoms with van der Waals surface area (Å²) >= 11 is 0. The molecule has 6 heteroatoms. The summed E-state index contributed by atoms with van der Waals surface area (Å²) in [5.41, 5.74) is -0.668. The molecule has 1 aliphatic rings. The van der Waals surface area contributed by atoms with Crippen LogP contribution in [-0.2, 0) is 22.1 Å². The predicted molar refractivity (Wildman–Crippen MR) is 55.6 cm³/mol. The average molecular weight is 260 g/mol. The minimum absolute atomic E-state index is 0.0205. The topological polar surface area (TPSA) is 46.5 Å². The van der Waals surface area contributed by atoms with Crippen LogP contribution in [0.2, 0.25) is 0 Å². The van der Waals surface area contributed by atoms with Gasteiger partial charge < -0.3 is 9.84 Å². The highest BCUT2D eigenvalue weighted by molar-refractivity contribution is 5.75. The smallest absolute Gasteiger partial charge is 0.416 e. The molecule has 2 unspecified atom stereocenters. The summed E-state index contributed by atoms with van der Waals surface area (Å²) in [5, 5.41) is 9.86. The maximum absolute atomic E-state index is 12.8. The summed E-state index contributed by atoms with van der Waals surface area (Å²) in [6.07, 6.45) is -5.88. The highest BCUT2D eigenvalue weighted by atomic mass is 19.4. The van der Waals surface area contributed by atoms with Gasteiger partial charge in [0.05, 0.1) is 24.7 Å². The van der Waals surface area contributed by atoms with Gasteiger partial charge in [-0.2, -0.15) is 13.2 Å². The fourth-order valence-corrected chi connectivity index (χ4v) is 2.29. The van der Waals surface area contributed by atoms with Gasteiger partial charge >= 0.3 is 12.1 Å². The number of alkyl halides is 3. The first-order valence-electron chi connectivity index (χ1n) is 5.31. The quantitative estimate of drug-likeness (QED) is 0.786. The minimum Gasteiger partial charge on any atom is -0.469 e. The standard InChI is InChI=1S/C12H11F3O3/c1-18-11(17)8-5-7-6(10(8)16)3-2-4-9(7)12(13,14)15/h2-4,8,10,16H,5H2,1H3. The van der Waals surface area contributed by atoms with Crippen molar-refractivity contribution >= 4 is 5.97 Å². The summed E-state index contributed by atoms with van der Waals surface area (Å²) in [5.74, 6) is -1.67. The van der Waals surface area contributed by atoms with Gasteiger partial charge in [-0.15, -0.1) is 0 Å². The third kappa shape index (κ3) is 1.96. The number of aliphatic hydroxyl groups excluding tert-OH is 1. The van der Waals surface area contributed by atoms with Gasteiger partial charge in [0.25, 0.3) is 0 Å². The lowest BCUT2D eigenvalue weighted by molar-refractivity contribution is -0.149. The molecule has 2 rings (SSSR count). The zero-order valence-corrected chi connectivity index (χ0v) is 9.49. The van der Waals surface area contributed by atoms with Crippen LogP contribution < -0.4 is 0 Å². The number of carbonyl (C=O) groups excluding carboxylic acids is 1. The molecular weight excluding hydrogens is 249 g/mol. The monoisotopic (exact) mass is 260 g/mol. The summed E-state index contributed by atoms with van der Waals surface area (Å²) in [6.45, 7) is 0. The molecule has 0 heterocycles. The molecule has 0 radical (unpaired) electrons. The van der Waals surface area contributed by atoms with Gasteiger partial charge in [-0.1, -0.05) is 12.1 Å². The number of carbonyl (C=O) groups is 1. The van der Waals surface area contributed by atoms with Crippen LogP contribution >= 0.6 is 0 Å². The van der Waals surface area contributed by atoms with Crippen molar-refractivity contribution in [2.24, 2.45) is 5.92 Å². The lowest BCUT2D eigenvalue weighted by atomic mass is 10.0. The van der Waals surface area contributed by atoms with E-state index >= 15 is 0 Å². The molecule has 0 amide bonds. The molecule has 0 fully saturated rings. The number of halogens is 3. The molecule has 0 aliphatic heterocycles. The van der Waals surface area contributed by atoms with E-state index in [4.69, 9.17) is 0 Å². The van der Waals surface area contributed by atoms with Crippen molar-refractivity contribution in [2.45, 2.75) is 18.7 Å². The van der Waals surface area contributed by atoms with Crippen LogP contribution in [0.15, 0.2) is 18.2 Å². The number of hydrogen-bond acceptors (Lipinski definition) is 3. The fourth-order valence-electron chi connectivity index (χ4n) is 2.29. The maximum Gasteiger partial charge on any atom is 0.416 e. The van der Waals surface area contributed by atoms with E-state index in [9.17, 15) is 23.1 Å². The third-order valence-electron chi connectivity index (χ3n) is 3.15. The van der Waals surface area contributed by atoms with Crippen LogP contribution in [0.5, 0.6) is 0 Å². The molecule has 0 aromatic heterocycles. The van der Waals surface area contributed by atoms with E-state index in [-0.39, 0.29) is 17.5 Å².